The van der Waals surface area contributed by atoms with Crippen molar-refractivity contribution in [1.29, 1.82) is 0 Å². The maximum atomic E-state index is 5.57. The minimum Gasteiger partial charge on any atom is -0.493 e. The fourth-order valence-corrected chi connectivity index (χ4v) is 2.66. The molecule has 0 fully saturated rings. The van der Waals surface area contributed by atoms with Crippen LogP contribution in [0.15, 0.2) is 53.1 Å². The van der Waals surface area contributed by atoms with Gasteiger partial charge in [0, 0.05) is 11.1 Å². The van der Waals surface area contributed by atoms with E-state index in [0.717, 1.165) is 11.1 Å². The fourth-order valence-electron chi connectivity index (χ4n) is 2.45. The number of rotatable bonds is 6. The van der Waals surface area contributed by atoms with Gasteiger partial charge in [-0.2, -0.15) is 0 Å². The van der Waals surface area contributed by atoms with Crippen LogP contribution in [-0.2, 0) is 0 Å². The van der Waals surface area contributed by atoms with Crippen LogP contribution in [0, 0.1) is 0 Å². The van der Waals surface area contributed by atoms with Crippen molar-refractivity contribution in [3.63, 3.8) is 0 Å². The Labute approximate surface area is 151 Å². The summed E-state index contributed by atoms with van der Waals surface area (Å²) in [4.78, 5) is 5.02. The lowest BCUT2D eigenvalue weighted by Crippen LogP contribution is -2.03. The van der Waals surface area contributed by atoms with Gasteiger partial charge >= 0.3 is 0 Å². The number of oxazole rings is 1. The minimum atomic E-state index is 0.515. The quantitative estimate of drug-likeness (QED) is 0.489. The molecule has 0 aliphatic heterocycles. The molecule has 2 aromatic carbocycles. The van der Waals surface area contributed by atoms with Crippen molar-refractivity contribution < 1.29 is 18.6 Å². The van der Waals surface area contributed by atoms with Crippen molar-refractivity contribution in [1.82, 2.24) is 4.98 Å². The van der Waals surface area contributed by atoms with Gasteiger partial charge in [-0.25, -0.2) is 4.98 Å². The summed E-state index contributed by atoms with van der Waals surface area (Å²) in [7, 11) is 4.68. The zero-order valence-electron chi connectivity index (χ0n) is 14.1. The van der Waals surface area contributed by atoms with Gasteiger partial charge in [-0.3, -0.25) is 0 Å². The third-order valence-electron chi connectivity index (χ3n) is 3.68. The van der Waals surface area contributed by atoms with Crippen LogP contribution < -0.4 is 14.2 Å². The van der Waals surface area contributed by atoms with E-state index in [4.69, 9.17) is 30.8 Å². The van der Waals surface area contributed by atoms with Crippen molar-refractivity contribution in [2.24, 2.45) is 0 Å². The molecule has 25 heavy (non-hydrogen) atoms. The Morgan fingerprint density at radius 2 is 1.60 bits per heavy atom. The fraction of sp³-hybridized carbons (Fsp3) is 0.158. The Hall–Kier alpha value is -2.86. The van der Waals surface area contributed by atoms with Crippen LogP contribution in [0.4, 0.5) is 0 Å². The zero-order chi connectivity index (χ0) is 17.8. The van der Waals surface area contributed by atoms with Gasteiger partial charge in [-0.05, 0) is 24.3 Å². The Kier molecular flexibility index (Phi) is 5.00. The molecule has 3 rings (SSSR count). The Balaban J connectivity index is 1.97. The molecule has 0 aliphatic carbocycles. The summed E-state index contributed by atoms with van der Waals surface area (Å²) in [6.45, 7) is 0. The zero-order valence-corrected chi connectivity index (χ0v) is 14.9. The number of nitrogens with zero attached hydrogens (tertiary/aromatic N) is 1. The van der Waals surface area contributed by atoms with E-state index in [0.29, 0.717) is 33.7 Å². The average molecular weight is 355 g/mol. The molecule has 0 amide bonds. The Bertz CT molecular complexity index is 864. The van der Waals surface area contributed by atoms with Gasteiger partial charge in [0.1, 0.15) is 12.0 Å². The lowest BCUT2D eigenvalue weighted by Gasteiger charge is -2.14. The first kappa shape index (κ1) is 17.0. The third kappa shape index (κ3) is 3.34. The predicted molar refractivity (Wildman–Crippen MR) is 98.8 cm³/mol. The maximum absolute atomic E-state index is 5.57. The average Bonchev–Trinajstić information content (AvgIpc) is 3.17. The normalized spacial score (nSPS) is 10.4. The Morgan fingerprint density at radius 1 is 0.960 bits per heavy atom. The molecule has 6 heteroatoms. The molecule has 0 saturated heterocycles. The van der Waals surface area contributed by atoms with Crippen LogP contribution in [0.5, 0.6) is 17.2 Å². The van der Waals surface area contributed by atoms with E-state index < -0.39 is 0 Å². The van der Waals surface area contributed by atoms with Gasteiger partial charge in [-0.15, -0.1) is 0 Å². The second-order valence-corrected chi connectivity index (χ2v) is 5.56. The molecule has 0 atom stereocenters. The molecule has 0 saturated carbocycles. The van der Waals surface area contributed by atoms with Crippen molar-refractivity contribution in [2.75, 3.05) is 21.3 Å². The molecule has 0 aliphatic rings. The molecule has 5 nitrogen and oxygen atoms in total. The van der Waals surface area contributed by atoms with Crippen LogP contribution in [0.1, 0.15) is 11.3 Å². The van der Waals surface area contributed by atoms with Crippen LogP contribution >= 0.6 is 12.2 Å². The van der Waals surface area contributed by atoms with E-state index >= 15 is 0 Å². The SMILES string of the molecule is COc1cc(C(=S)c2coc(-c3ccccc3)n2)cc(OC)c1OC. The standard InChI is InChI=1S/C19H17NO4S/c1-21-15-9-13(10-16(22-2)17(15)23-3)18(25)14-11-24-19(20-14)12-7-5-4-6-8-12/h4-11H,1-3H3. The van der Waals surface area contributed by atoms with Crippen molar-refractivity contribution in [3.05, 3.63) is 60.0 Å². The highest BCUT2D eigenvalue weighted by Gasteiger charge is 2.18. The molecule has 0 unspecified atom stereocenters. The van der Waals surface area contributed by atoms with E-state index in [1.54, 1.807) is 39.7 Å². The van der Waals surface area contributed by atoms with Crippen LogP contribution in [0.2, 0.25) is 0 Å². The number of ether oxygens (including phenoxy) is 3. The topological polar surface area (TPSA) is 53.7 Å². The first-order valence-electron chi connectivity index (χ1n) is 7.53. The number of hydrogen-bond acceptors (Lipinski definition) is 6. The smallest absolute Gasteiger partial charge is 0.226 e. The highest BCUT2D eigenvalue weighted by atomic mass is 32.1. The van der Waals surface area contributed by atoms with Gasteiger partial charge < -0.3 is 18.6 Å². The predicted octanol–water partition coefficient (Wildman–Crippen LogP) is 4.13. The van der Waals surface area contributed by atoms with Crippen LogP contribution in [0.25, 0.3) is 11.5 Å². The number of thiocarbonyl (C=S) groups is 1. The lowest BCUT2D eigenvalue weighted by atomic mass is 10.1. The molecule has 3 aromatic rings. The second kappa shape index (κ2) is 7.36. The molecule has 0 N–H and O–H groups in total. The molecular weight excluding hydrogens is 338 g/mol. The molecule has 0 bridgehead atoms. The van der Waals surface area contributed by atoms with E-state index in [-0.39, 0.29) is 0 Å². The van der Waals surface area contributed by atoms with Crippen molar-refractivity contribution in [2.45, 2.75) is 0 Å². The van der Waals surface area contributed by atoms with Gasteiger partial charge in [-0.1, -0.05) is 30.4 Å². The Morgan fingerprint density at radius 3 is 2.16 bits per heavy atom. The summed E-state index contributed by atoms with van der Waals surface area (Å²) in [6.07, 6.45) is 1.55. The molecule has 1 aromatic heterocycles. The van der Waals surface area contributed by atoms with E-state index in [1.165, 1.54) is 0 Å². The van der Waals surface area contributed by atoms with Gasteiger partial charge in [0.2, 0.25) is 11.6 Å². The summed E-state index contributed by atoms with van der Waals surface area (Å²) >= 11 is 5.57. The molecule has 0 spiro atoms. The first-order chi connectivity index (χ1) is 12.2. The third-order valence-corrected chi connectivity index (χ3v) is 4.13. The highest BCUT2D eigenvalue weighted by Crippen LogP contribution is 2.38. The summed E-state index contributed by atoms with van der Waals surface area (Å²) in [5.74, 6) is 2.10. The molecule has 1 heterocycles. The monoisotopic (exact) mass is 355 g/mol. The summed E-state index contributed by atoms with van der Waals surface area (Å²) in [5.41, 5.74) is 2.20. The number of hydrogen-bond donors (Lipinski definition) is 0. The number of benzene rings is 2. The van der Waals surface area contributed by atoms with Crippen LogP contribution in [0.3, 0.4) is 0 Å². The van der Waals surface area contributed by atoms with Gasteiger partial charge in [0.25, 0.3) is 0 Å². The van der Waals surface area contributed by atoms with Gasteiger partial charge in [0.05, 0.1) is 26.2 Å². The van der Waals surface area contributed by atoms with E-state index in [9.17, 15) is 0 Å². The summed E-state index contributed by atoms with van der Waals surface area (Å²) < 4.78 is 21.6. The summed E-state index contributed by atoms with van der Waals surface area (Å²) in [5, 5.41) is 0. The van der Waals surface area contributed by atoms with Crippen LogP contribution in [-0.4, -0.2) is 31.2 Å². The largest absolute Gasteiger partial charge is 0.493 e. The van der Waals surface area contributed by atoms with E-state index in [1.807, 2.05) is 30.3 Å². The lowest BCUT2D eigenvalue weighted by molar-refractivity contribution is 0.324. The second-order valence-electron chi connectivity index (χ2n) is 5.15. The highest BCUT2D eigenvalue weighted by molar-refractivity contribution is 7.81. The molecular formula is C19H17NO4S. The minimum absolute atomic E-state index is 0.515. The maximum Gasteiger partial charge on any atom is 0.226 e. The summed E-state index contributed by atoms with van der Waals surface area (Å²) in [6, 6.07) is 13.2. The number of aromatic nitrogens is 1. The number of methoxy groups -OCH3 is 3. The molecule has 0 radical (unpaired) electrons. The first-order valence-corrected chi connectivity index (χ1v) is 7.94. The molecule has 128 valence electrons. The van der Waals surface area contributed by atoms with Crippen molar-refractivity contribution in [3.8, 4) is 28.7 Å². The van der Waals surface area contributed by atoms with E-state index in [2.05, 4.69) is 4.98 Å². The van der Waals surface area contributed by atoms with Crippen molar-refractivity contribution >= 4 is 17.1 Å². The van der Waals surface area contributed by atoms with Gasteiger partial charge in [0.15, 0.2) is 11.5 Å².